The van der Waals surface area contributed by atoms with E-state index in [0.29, 0.717) is 67.0 Å². The molecule has 0 aliphatic heterocycles. The van der Waals surface area contributed by atoms with Gasteiger partial charge in [-0.3, -0.25) is 0 Å². The Morgan fingerprint density at radius 3 is 1.68 bits per heavy atom. The molecule has 8 heteroatoms. The zero-order valence-electron chi connectivity index (χ0n) is 40.4. The molecule has 4 aliphatic carbocycles. The van der Waals surface area contributed by atoms with Gasteiger partial charge in [-0.1, -0.05) is 91.7 Å². The number of unbranched alkanes of at least 4 members (excludes halogenated alkanes) is 3. The predicted molar refractivity (Wildman–Crippen MR) is 250 cm³/mol. The van der Waals surface area contributed by atoms with E-state index in [1.165, 1.54) is 57.8 Å². The van der Waals surface area contributed by atoms with Crippen LogP contribution in [0.4, 0.5) is 4.39 Å². The van der Waals surface area contributed by atoms with Crippen molar-refractivity contribution in [3.05, 3.63) is 24.3 Å². The lowest BCUT2D eigenvalue weighted by atomic mass is 9.57. The van der Waals surface area contributed by atoms with E-state index in [1.807, 2.05) is 0 Å². The summed E-state index contributed by atoms with van der Waals surface area (Å²) in [6.07, 6.45) is 26.3. The van der Waals surface area contributed by atoms with Gasteiger partial charge in [-0.15, -0.1) is 0 Å². The molecule has 8 atom stereocenters. The van der Waals surface area contributed by atoms with E-state index in [9.17, 15) is 19.8 Å². The van der Waals surface area contributed by atoms with E-state index in [0.717, 1.165) is 108 Å². The number of hydrogen-bond acceptors (Lipinski definition) is 7. The van der Waals surface area contributed by atoms with Crippen molar-refractivity contribution in [2.75, 3.05) is 33.0 Å². The zero-order valence-corrected chi connectivity index (χ0v) is 40.4. The van der Waals surface area contributed by atoms with Gasteiger partial charge < -0.3 is 24.4 Å². The summed E-state index contributed by atoms with van der Waals surface area (Å²) < 4.78 is 34.5. The summed E-state index contributed by atoms with van der Waals surface area (Å²) in [5.74, 6) is 4.36. The molecule has 62 heavy (non-hydrogen) atoms. The van der Waals surface area contributed by atoms with Crippen LogP contribution in [0.15, 0.2) is 24.3 Å². The van der Waals surface area contributed by atoms with Crippen molar-refractivity contribution in [2.24, 2.45) is 64.6 Å². The molecule has 0 spiro atoms. The lowest BCUT2D eigenvalue weighted by molar-refractivity contribution is -0.139. The smallest absolute Gasteiger partial charge is 0.333 e. The molecule has 0 radical (unpaired) electrons. The molecule has 4 saturated carbocycles. The molecule has 4 fully saturated rings. The molecule has 2 N–H and O–H groups in total. The molecule has 8 unspecified atom stereocenters. The Balaban J connectivity index is 1.45. The van der Waals surface area contributed by atoms with Crippen LogP contribution in [-0.2, 0) is 23.8 Å². The van der Waals surface area contributed by atoms with Crippen LogP contribution in [-0.4, -0.2) is 67.5 Å². The van der Waals surface area contributed by atoms with Gasteiger partial charge >= 0.3 is 11.9 Å². The second-order valence-electron chi connectivity index (χ2n) is 21.3. The molecule has 358 valence electrons. The summed E-state index contributed by atoms with van der Waals surface area (Å²) in [6, 6.07) is 0. The van der Waals surface area contributed by atoms with Crippen LogP contribution in [0, 0.1) is 64.6 Å². The van der Waals surface area contributed by atoms with Crippen LogP contribution >= 0.6 is 0 Å². The number of carbonyl (C=O) groups is 2. The molecule has 0 aromatic heterocycles. The fourth-order valence-electron chi connectivity index (χ4n) is 13.0. The molecular formula is C54H93FO7. The maximum absolute atomic E-state index is 16.4. The monoisotopic (exact) mass is 873 g/mol. The highest BCUT2D eigenvalue weighted by atomic mass is 19.1. The Bertz CT molecular complexity index is 1280. The second-order valence-corrected chi connectivity index (χ2v) is 21.3. The molecule has 0 aromatic rings. The van der Waals surface area contributed by atoms with Gasteiger partial charge in [-0.05, 0) is 176 Å². The summed E-state index contributed by atoms with van der Waals surface area (Å²) in [4.78, 5) is 24.6. The highest BCUT2D eigenvalue weighted by Gasteiger charge is 2.47. The van der Waals surface area contributed by atoms with Gasteiger partial charge in [0, 0.05) is 23.2 Å². The van der Waals surface area contributed by atoms with Crippen LogP contribution in [0.3, 0.4) is 0 Å². The Kier molecular flexibility index (Phi) is 23.6. The summed E-state index contributed by atoms with van der Waals surface area (Å²) in [5.41, 5.74) is 0.239. The van der Waals surface area contributed by atoms with Crippen LogP contribution in [0.1, 0.15) is 195 Å². The van der Waals surface area contributed by atoms with E-state index < -0.39 is 11.6 Å². The van der Waals surface area contributed by atoms with Crippen molar-refractivity contribution < 1.29 is 38.4 Å². The standard InChI is InChI=1S/C54H93FO7/c1-8-11-13-16-40-19-21-42(22-20-40)43-23-26-49(50(55)35-43)44-24-25-48(41(10-3)32-44)47-33-45(17-14-29-61-52(58)38(4)5)51(46(34-47)18-15-30-62-53(59)39(6)7)60-31-28-54(36-56,37-57)27-12-9-2/h40-51,56-57H,4,6,8-37H2,1-3,5,7H3. The topological polar surface area (TPSA) is 102 Å². The lowest BCUT2D eigenvalue weighted by Crippen LogP contribution is -2.45. The molecule has 0 bridgehead atoms. The Morgan fingerprint density at radius 2 is 1.15 bits per heavy atom. The van der Waals surface area contributed by atoms with Gasteiger partial charge in [-0.25, -0.2) is 14.0 Å². The minimum atomic E-state index is -0.660. The Labute approximate surface area is 378 Å². The predicted octanol–water partition coefficient (Wildman–Crippen LogP) is 12.9. The summed E-state index contributed by atoms with van der Waals surface area (Å²) in [6.45, 7) is 18.6. The third-order valence-corrected chi connectivity index (χ3v) is 16.9. The summed E-state index contributed by atoms with van der Waals surface area (Å²) >= 11 is 0. The largest absolute Gasteiger partial charge is 0.462 e. The van der Waals surface area contributed by atoms with Crippen molar-refractivity contribution in [2.45, 2.75) is 207 Å². The zero-order chi connectivity index (χ0) is 45.1. The minimum Gasteiger partial charge on any atom is -0.462 e. The number of aliphatic hydroxyl groups is 2. The van der Waals surface area contributed by atoms with Gasteiger partial charge in [0.1, 0.15) is 6.17 Å². The number of esters is 2. The number of alkyl halides is 1. The van der Waals surface area contributed by atoms with E-state index >= 15 is 4.39 Å². The van der Waals surface area contributed by atoms with Crippen LogP contribution in [0.5, 0.6) is 0 Å². The van der Waals surface area contributed by atoms with Crippen LogP contribution < -0.4 is 0 Å². The Morgan fingerprint density at radius 1 is 0.597 bits per heavy atom. The maximum Gasteiger partial charge on any atom is 0.333 e. The third-order valence-electron chi connectivity index (χ3n) is 16.9. The number of aliphatic hydroxyl groups excluding tert-OH is 2. The first-order valence-electron chi connectivity index (χ1n) is 26.0. The Hall–Kier alpha value is -1.77. The van der Waals surface area contributed by atoms with Crippen molar-refractivity contribution in [3.8, 4) is 0 Å². The maximum atomic E-state index is 16.4. The van der Waals surface area contributed by atoms with Crippen LogP contribution in [0.2, 0.25) is 0 Å². The van der Waals surface area contributed by atoms with E-state index in [2.05, 4.69) is 33.9 Å². The highest BCUT2D eigenvalue weighted by Crippen LogP contribution is 2.53. The molecule has 4 rings (SSSR count). The summed E-state index contributed by atoms with van der Waals surface area (Å²) in [7, 11) is 0. The van der Waals surface area contributed by atoms with E-state index in [1.54, 1.807) is 13.8 Å². The van der Waals surface area contributed by atoms with E-state index in [-0.39, 0.29) is 49.0 Å². The van der Waals surface area contributed by atoms with Gasteiger partial charge in [0.05, 0.1) is 32.5 Å². The van der Waals surface area contributed by atoms with Crippen molar-refractivity contribution in [1.82, 2.24) is 0 Å². The molecule has 0 aromatic carbocycles. The number of rotatable bonds is 27. The van der Waals surface area contributed by atoms with Crippen molar-refractivity contribution in [1.29, 1.82) is 0 Å². The first-order chi connectivity index (χ1) is 29.9. The number of carbonyl (C=O) groups excluding carboxylic acids is 2. The summed E-state index contributed by atoms with van der Waals surface area (Å²) in [5, 5.41) is 20.8. The van der Waals surface area contributed by atoms with Gasteiger partial charge in [0.25, 0.3) is 0 Å². The van der Waals surface area contributed by atoms with Crippen molar-refractivity contribution >= 4 is 11.9 Å². The molecule has 7 nitrogen and oxygen atoms in total. The first kappa shape index (κ1) is 52.9. The molecule has 0 heterocycles. The number of ether oxygens (including phenoxy) is 3. The SMILES string of the molecule is C=C(C)C(=O)OCCCC1CC(C2CCC(C3CCC(C4CCC(CCCCC)CC4)CC3F)CC2CC)CC(CCCOC(=O)C(=C)C)C1OCCC(CO)(CO)CCCC. The number of hydrogen-bond donors (Lipinski definition) is 2. The highest BCUT2D eigenvalue weighted by molar-refractivity contribution is 5.87. The normalized spacial score (nSPS) is 31.9. The average molecular weight is 873 g/mol. The molecule has 4 aliphatic rings. The molecule has 0 saturated heterocycles. The molecule has 0 amide bonds. The third kappa shape index (κ3) is 16.0. The fraction of sp³-hybridized carbons (Fsp3) is 0.889. The van der Waals surface area contributed by atoms with Gasteiger partial charge in [0.15, 0.2) is 0 Å². The molecular weight excluding hydrogens is 780 g/mol. The first-order valence-corrected chi connectivity index (χ1v) is 26.0. The second kappa shape index (κ2) is 27.6. The minimum absolute atomic E-state index is 0.0313. The number of halogens is 1. The van der Waals surface area contributed by atoms with Crippen LogP contribution in [0.25, 0.3) is 0 Å². The van der Waals surface area contributed by atoms with Crippen molar-refractivity contribution in [3.63, 3.8) is 0 Å². The average Bonchev–Trinajstić information content (AvgIpc) is 3.28. The lowest BCUT2D eigenvalue weighted by Gasteiger charge is -2.50. The van der Waals surface area contributed by atoms with Gasteiger partial charge in [0.2, 0.25) is 0 Å². The fourth-order valence-corrected chi connectivity index (χ4v) is 13.0. The van der Waals surface area contributed by atoms with Gasteiger partial charge in [-0.2, -0.15) is 0 Å². The van der Waals surface area contributed by atoms with E-state index in [4.69, 9.17) is 14.2 Å². The quantitative estimate of drug-likeness (QED) is 0.0481.